The molecule has 0 atom stereocenters. The normalized spacial score (nSPS) is 11.1. The molecular weight excluding hydrogens is 327 g/mol. The fraction of sp³-hybridized carbons (Fsp3) is 0.545. The van der Waals surface area contributed by atoms with Gasteiger partial charge in [0.25, 0.3) is 0 Å². The van der Waals surface area contributed by atoms with E-state index in [9.17, 15) is 9.81 Å². The van der Waals surface area contributed by atoms with E-state index in [1.807, 2.05) is 0 Å². The molecule has 0 saturated carbocycles. The third-order valence-electron chi connectivity index (χ3n) is 2.00. The minimum atomic E-state index is 0. The Morgan fingerprint density at radius 3 is 1.81 bits per heavy atom. The SMILES string of the molecule is CC(N=O)=C(C)NO.[CH2-]CCONC(C)=C(C)N=O.[Co+2].[OH3+]. The van der Waals surface area contributed by atoms with Gasteiger partial charge >= 0.3 is 16.8 Å². The molecule has 0 amide bonds. The minimum Gasteiger partial charge on any atom is -0.457 e. The average Bonchev–Trinajstić information content (AvgIpc) is 2.45. The van der Waals surface area contributed by atoms with Gasteiger partial charge in [-0.3, -0.25) is 21.0 Å². The molecule has 21 heavy (non-hydrogen) atoms. The first-order valence-corrected chi connectivity index (χ1v) is 5.53. The summed E-state index contributed by atoms with van der Waals surface area (Å²) in [7, 11) is 0. The molecule has 6 N–H and O–H groups in total. The summed E-state index contributed by atoms with van der Waals surface area (Å²) in [5.74, 6) is 0. The molecule has 0 aliphatic carbocycles. The van der Waals surface area contributed by atoms with Crippen LogP contribution in [0.4, 0.5) is 0 Å². The molecule has 0 aromatic heterocycles. The maximum absolute atomic E-state index is 9.96. The van der Waals surface area contributed by atoms with E-state index in [-0.39, 0.29) is 28.0 Å². The zero-order chi connectivity index (χ0) is 15.3. The third-order valence-corrected chi connectivity index (χ3v) is 2.00. The van der Waals surface area contributed by atoms with Crippen molar-refractivity contribution in [1.29, 1.82) is 0 Å². The van der Waals surface area contributed by atoms with Crippen molar-refractivity contribution in [2.24, 2.45) is 10.4 Å². The number of hydrogen-bond acceptors (Lipinski definition) is 8. The predicted octanol–water partition coefficient (Wildman–Crippen LogP) is 1.81. The van der Waals surface area contributed by atoms with Crippen molar-refractivity contribution in [2.75, 3.05) is 6.61 Å². The van der Waals surface area contributed by atoms with Crippen LogP contribution in [0.25, 0.3) is 0 Å². The quantitative estimate of drug-likeness (QED) is 0.210. The van der Waals surface area contributed by atoms with Crippen LogP contribution < -0.4 is 11.0 Å². The molecule has 0 aliphatic rings. The molecule has 0 heterocycles. The molecule has 0 bridgehead atoms. The van der Waals surface area contributed by atoms with Gasteiger partial charge in [0.1, 0.15) is 11.4 Å². The summed E-state index contributed by atoms with van der Waals surface area (Å²) < 4.78 is 0. The molecule has 0 aromatic carbocycles. The number of rotatable bonds is 7. The summed E-state index contributed by atoms with van der Waals surface area (Å²) in [6.07, 6.45) is 0.688. The Labute approximate surface area is 134 Å². The summed E-state index contributed by atoms with van der Waals surface area (Å²) in [4.78, 5) is 24.5. The van der Waals surface area contributed by atoms with Crippen LogP contribution in [0.15, 0.2) is 33.1 Å². The van der Waals surface area contributed by atoms with Crippen molar-refractivity contribution in [3.05, 3.63) is 39.5 Å². The van der Waals surface area contributed by atoms with Crippen LogP contribution in [0.3, 0.4) is 0 Å². The van der Waals surface area contributed by atoms with E-state index in [1.165, 1.54) is 6.92 Å². The van der Waals surface area contributed by atoms with E-state index in [2.05, 4.69) is 22.8 Å². The molecule has 9 nitrogen and oxygen atoms in total. The Morgan fingerprint density at radius 2 is 1.52 bits per heavy atom. The molecule has 0 rings (SSSR count). The second-order valence-corrected chi connectivity index (χ2v) is 3.52. The van der Waals surface area contributed by atoms with Gasteiger partial charge < -0.3 is 12.4 Å². The molecule has 0 saturated heterocycles. The van der Waals surface area contributed by atoms with E-state index in [1.54, 1.807) is 26.3 Å². The zero-order valence-corrected chi connectivity index (χ0v) is 13.6. The van der Waals surface area contributed by atoms with Crippen molar-refractivity contribution < 1.29 is 32.3 Å². The van der Waals surface area contributed by atoms with E-state index in [4.69, 9.17) is 10.0 Å². The maximum Gasteiger partial charge on any atom is 2.00 e. The van der Waals surface area contributed by atoms with Gasteiger partial charge in [-0.1, -0.05) is 0 Å². The smallest absolute Gasteiger partial charge is 0.457 e. The number of hydrogen-bond donors (Lipinski definition) is 3. The maximum atomic E-state index is 9.96. The van der Waals surface area contributed by atoms with Crippen molar-refractivity contribution in [3.63, 3.8) is 0 Å². The first-order valence-electron chi connectivity index (χ1n) is 5.53. The van der Waals surface area contributed by atoms with Crippen LogP contribution >= 0.6 is 0 Å². The number of allylic oxidation sites excluding steroid dienone is 4. The number of nitrogens with zero attached hydrogens (tertiary/aromatic N) is 2. The van der Waals surface area contributed by atoms with Gasteiger partial charge in [0.05, 0.1) is 11.4 Å². The molecule has 10 heteroatoms. The molecular formula is C11H24CoN4O5+2. The molecule has 0 unspecified atom stereocenters. The zero-order valence-electron chi connectivity index (χ0n) is 12.6. The van der Waals surface area contributed by atoms with Gasteiger partial charge in [-0.15, -0.1) is 9.81 Å². The van der Waals surface area contributed by atoms with Crippen LogP contribution in [0.5, 0.6) is 0 Å². The molecule has 0 fully saturated rings. The van der Waals surface area contributed by atoms with Crippen LogP contribution in [0.2, 0.25) is 0 Å². The molecule has 0 aromatic rings. The van der Waals surface area contributed by atoms with Crippen molar-refractivity contribution in [1.82, 2.24) is 11.0 Å². The van der Waals surface area contributed by atoms with Crippen molar-refractivity contribution >= 4 is 0 Å². The van der Waals surface area contributed by atoms with E-state index < -0.39 is 0 Å². The number of hydroxylamine groups is 2. The van der Waals surface area contributed by atoms with Crippen LogP contribution in [0.1, 0.15) is 34.1 Å². The van der Waals surface area contributed by atoms with Crippen molar-refractivity contribution in [3.8, 4) is 0 Å². The second kappa shape index (κ2) is 18.7. The fourth-order valence-corrected chi connectivity index (χ4v) is 0.523. The summed E-state index contributed by atoms with van der Waals surface area (Å²) in [6, 6.07) is 0. The van der Waals surface area contributed by atoms with Gasteiger partial charge in [0.15, 0.2) is 0 Å². The predicted molar refractivity (Wildman–Crippen MR) is 77.2 cm³/mol. The largest absolute Gasteiger partial charge is 2.00 e. The van der Waals surface area contributed by atoms with Crippen molar-refractivity contribution in [2.45, 2.75) is 34.1 Å². The topological polar surface area (TPSA) is 145 Å². The van der Waals surface area contributed by atoms with Gasteiger partial charge in [0, 0.05) is 6.61 Å². The van der Waals surface area contributed by atoms with E-state index in [0.717, 1.165) is 0 Å². The Morgan fingerprint density at radius 1 is 1.10 bits per heavy atom. The third kappa shape index (κ3) is 16.6. The summed E-state index contributed by atoms with van der Waals surface area (Å²) in [6.45, 7) is 10.5. The first-order chi connectivity index (χ1) is 8.94. The molecule has 125 valence electrons. The minimum absolute atomic E-state index is 0. The standard InChI is InChI=1S/C7H13N2O2.C4H8N2O2.Co.H2O/c1-4-5-11-9-7(3)6(2)8-10;1-3(5-7)4(2)6-8;;/h9H,1,4-5H2,2-3H3;5,7H,1-2H3;;1H2/q-1;;+2;/p+1. The Bertz CT molecular complexity index is 348. The second-order valence-electron chi connectivity index (χ2n) is 3.52. The van der Waals surface area contributed by atoms with E-state index in [0.29, 0.717) is 30.1 Å². The Balaban J connectivity index is -0.000000131. The Hall–Kier alpha value is -1.33. The Kier molecular flexibility index (Phi) is 24.8. The number of nitroso groups, excluding NO2 is 2. The molecule has 1 radical (unpaired) electrons. The average molecular weight is 351 g/mol. The molecule has 0 aliphatic heterocycles. The van der Waals surface area contributed by atoms with Crippen LogP contribution in [-0.2, 0) is 27.1 Å². The summed E-state index contributed by atoms with van der Waals surface area (Å²) >= 11 is 0. The number of nitrogens with one attached hydrogen (secondary N) is 2. The fourth-order valence-electron chi connectivity index (χ4n) is 0.523. The van der Waals surface area contributed by atoms with E-state index >= 15 is 0 Å². The van der Waals surface area contributed by atoms with Gasteiger partial charge in [-0.25, -0.2) is 0 Å². The first kappa shape index (κ1) is 27.9. The molecule has 0 spiro atoms. The summed E-state index contributed by atoms with van der Waals surface area (Å²) in [5.41, 5.74) is 6.04. The van der Waals surface area contributed by atoms with Crippen LogP contribution in [0, 0.1) is 16.7 Å². The van der Waals surface area contributed by atoms with Crippen LogP contribution in [-0.4, -0.2) is 11.8 Å². The van der Waals surface area contributed by atoms with Gasteiger partial charge in [-0.2, -0.15) is 6.42 Å². The van der Waals surface area contributed by atoms with Gasteiger partial charge in [-0.05, 0) is 38.0 Å². The monoisotopic (exact) mass is 351 g/mol. The summed E-state index contributed by atoms with van der Waals surface area (Å²) in [5, 5.41) is 13.4. The van der Waals surface area contributed by atoms with Gasteiger partial charge in [0.2, 0.25) is 0 Å².